The highest BCUT2D eigenvalue weighted by Crippen LogP contribution is 2.29. The Balaban J connectivity index is 1.40. The Labute approximate surface area is 184 Å². The predicted molar refractivity (Wildman–Crippen MR) is 120 cm³/mol. The van der Waals surface area contributed by atoms with Crippen LogP contribution in [0.4, 0.5) is 16.2 Å². The van der Waals surface area contributed by atoms with Crippen LogP contribution in [0.2, 0.25) is 0 Å². The Morgan fingerprint density at radius 3 is 2.91 bits per heavy atom. The molecule has 1 aliphatic heterocycles. The van der Waals surface area contributed by atoms with Crippen molar-refractivity contribution in [2.75, 3.05) is 51.0 Å². The van der Waals surface area contributed by atoms with Crippen LogP contribution >= 0.6 is 0 Å². The van der Waals surface area contributed by atoms with Gasteiger partial charge in [0.1, 0.15) is 11.7 Å². The number of piperidine rings is 1. The van der Waals surface area contributed by atoms with Crippen LogP contribution in [0, 0.1) is 0 Å². The fourth-order valence-corrected chi connectivity index (χ4v) is 4.15. The first-order valence-electron chi connectivity index (χ1n) is 10.7. The number of hydrogen-bond acceptors (Lipinski definition) is 8. The summed E-state index contributed by atoms with van der Waals surface area (Å²) in [5, 5.41) is 15.6. The highest BCUT2D eigenvalue weighted by molar-refractivity contribution is 5.87. The molecule has 0 amide bonds. The van der Waals surface area contributed by atoms with Gasteiger partial charge in [-0.05, 0) is 24.6 Å². The number of imidazole rings is 1. The van der Waals surface area contributed by atoms with E-state index < -0.39 is 6.17 Å². The lowest BCUT2D eigenvalue weighted by atomic mass is 10.0. The van der Waals surface area contributed by atoms with Gasteiger partial charge in [-0.25, -0.2) is 18.4 Å². The molecule has 4 aromatic rings. The van der Waals surface area contributed by atoms with Gasteiger partial charge in [-0.2, -0.15) is 10.1 Å². The summed E-state index contributed by atoms with van der Waals surface area (Å²) in [5.74, 6) is 1.03. The number of ether oxygens (including phenoxy) is 1. The van der Waals surface area contributed by atoms with Gasteiger partial charge in [-0.1, -0.05) is 0 Å². The van der Waals surface area contributed by atoms with Gasteiger partial charge in [0.25, 0.3) is 0 Å². The number of nitrogens with zero attached hydrogens (tertiary/aromatic N) is 7. The Bertz CT molecular complexity index is 1220. The average Bonchev–Trinajstić information content (AvgIpc) is 3.45. The summed E-state index contributed by atoms with van der Waals surface area (Å²) in [4.78, 5) is 10.9. The van der Waals surface area contributed by atoms with Crippen LogP contribution < -0.4 is 10.6 Å². The maximum absolute atomic E-state index is 14.8. The number of alkyl halides is 1. The number of nitrogens with one attached hydrogen (secondary N) is 2. The first-order chi connectivity index (χ1) is 15.7. The second-order valence-corrected chi connectivity index (χ2v) is 7.85. The van der Waals surface area contributed by atoms with Crippen LogP contribution in [0.25, 0.3) is 22.4 Å². The minimum absolute atomic E-state index is 0.337. The summed E-state index contributed by atoms with van der Waals surface area (Å²) in [6.07, 6.45) is 5.04. The first kappa shape index (κ1) is 20.6. The Morgan fingerprint density at radius 2 is 2.09 bits per heavy atom. The van der Waals surface area contributed by atoms with Crippen LogP contribution in [0.5, 0.6) is 0 Å². The summed E-state index contributed by atoms with van der Waals surface area (Å²) >= 11 is 0. The molecule has 0 aromatic carbocycles. The van der Waals surface area contributed by atoms with E-state index in [1.165, 1.54) is 0 Å². The van der Waals surface area contributed by atoms with Crippen molar-refractivity contribution in [3.63, 3.8) is 0 Å². The standard InChI is InChI=1S/C21H26FN9O/c1-23-20-19-14(16-3-4-18-24-7-10-30(18)27-16)5-9-31(19)28-21(26-20)25-17-6-8-29(11-12-32-2)13-15(17)22/h3-5,7,9-10,15,17H,6,8,11-13H2,1-2H3,(H2,23,25,26,28)/t15-,17+/m1/s1. The fraction of sp³-hybridized carbons (Fsp3) is 0.429. The number of anilines is 2. The molecule has 0 aliphatic carbocycles. The normalized spacial score (nSPS) is 19.6. The Hall–Kier alpha value is -3.31. The SMILES string of the molecule is CNc1nc(N[C@H]2CCN(CCOC)C[C@H]2F)nn2ccc(-c3ccc4nccn4n3)c12. The van der Waals surface area contributed by atoms with Crippen LogP contribution in [-0.2, 0) is 4.74 Å². The van der Waals surface area contributed by atoms with E-state index in [9.17, 15) is 4.39 Å². The van der Waals surface area contributed by atoms with Crippen molar-refractivity contribution in [2.24, 2.45) is 0 Å². The molecule has 2 N–H and O–H groups in total. The molecule has 0 bridgehead atoms. The fourth-order valence-electron chi connectivity index (χ4n) is 4.15. The van der Waals surface area contributed by atoms with E-state index in [4.69, 9.17) is 4.74 Å². The molecule has 0 saturated carbocycles. The molecule has 32 heavy (non-hydrogen) atoms. The zero-order valence-electron chi connectivity index (χ0n) is 18.1. The van der Waals surface area contributed by atoms with E-state index in [-0.39, 0.29) is 6.04 Å². The lowest BCUT2D eigenvalue weighted by Crippen LogP contribution is -2.48. The average molecular weight is 439 g/mol. The monoisotopic (exact) mass is 439 g/mol. The zero-order valence-corrected chi connectivity index (χ0v) is 18.1. The summed E-state index contributed by atoms with van der Waals surface area (Å²) < 4.78 is 23.4. The van der Waals surface area contributed by atoms with Crippen molar-refractivity contribution < 1.29 is 9.13 Å². The van der Waals surface area contributed by atoms with E-state index >= 15 is 0 Å². The molecule has 4 aromatic heterocycles. The van der Waals surface area contributed by atoms with Gasteiger partial charge in [0.15, 0.2) is 11.5 Å². The molecule has 1 fully saturated rings. The molecule has 5 rings (SSSR count). The highest BCUT2D eigenvalue weighted by atomic mass is 19.1. The quantitative estimate of drug-likeness (QED) is 0.451. The van der Waals surface area contributed by atoms with Gasteiger partial charge in [-0.15, -0.1) is 5.10 Å². The largest absolute Gasteiger partial charge is 0.383 e. The van der Waals surface area contributed by atoms with Crippen LogP contribution in [-0.4, -0.2) is 86.7 Å². The molecule has 0 unspecified atom stereocenters. The molecule has 168 valence electrons. The molecule has 5 heterocycles. The van der Waals surface area contributed by atoms with Crippen molar-refractivity contribution in [3.05, 3.63) is 36.8 Å². The maximum Gasteiger partial charge on any atom is 0.243 e. The van der Waals surface area contributed by atoms with Crippen molar-refractivity contribution in [2.45, 2.75) is 18.6 Å². The molecule has 1 saturated heterocycles. The number of hydrogen-bond donors (Lipinski definition) is 2. The van der Waals surface area contributed by atoms with Crippen LogP contribution in [0.1, 0.15) is 6.42 Å². The van der Waals surface area contributed by atoms with Gasteiger partial charge in [-0.3, -0.25) is 4.90 Å². The molecular formula is C21H26FN9O. The minimum Gasteiger partial charge on any atom is -0.383 e. The van der Waals surface area contributed by atoms with Crippen LogP contribution in [0.15, 0.2) is 36.8 Å². The Kier molecular flexibility index (Phi) is 5.58. The minimum atomic E-state index is -1.01. The Morgan fingerprint density at radius 1 is 1.19 bits per heavy atom. The molecule has 10 nitrogen and oxygen atoms in total. The van der Waals surface area contributed by atoms with E-state index in [1.54, 1.807) is 22.3 Å². The van der Waals surface area contributed by atoms with E-state index in [0.717, 1.165) is 35.5 Å². The van der Waals surface area contributed by atoms with Gasteiger partial charge >= 0.3 is 0 Å². The summed E-state index contributed by atoms with van der Waals surface area (Å²) in [7, 11) is 3.47. The first-order valence-corrected chi connectivity index (χ1v) is 10.7. The molecule has 2 atom stereocenters. The third-order valence-electron chi connectivity index (χ3n) is 5.83. The second-order valence-electron chi connectivity index (χ2n) is 7.85. The van der Waals surface area contributed by atoms with Gasteiger partial charge in [0.2, 0.25) is 5.95 Å². The van der Waals surface area contributed by atoms with E-state index in [0.29, 0.717) is 31.3 Å². The zero-order chi connectivity index (χ0) is 22.1. The van der Waals surface area contributed by atoms with Crippen molar-refractivity contribution in [1.82, 2.24) is 34.1 Å². The second kappa shape index (κ2) is 8.67. The van der Waals surface area contributed by atoms with Crippen molar-refractivity contribution in [3.8, 4) is 11.3 Å². The number of likely N-dealkylation sites (tertiary alicyclic amines) is 1. The molecule has 1 aliphatic rings. The lowest BCUT2D eigenvalue weighted by molar-refractivity contribution is 0.0918. The highest BCUT2D eigenvalue weighted by Gasteiger charge is 2.30. The molecule has 0 radical (unpaired) electrons. The van der Waals surface area contributed by atoms with Crippen LogP contribution in [0.3, 0.4) is 0 Å². The summed E-state index contributed by atoms with van der Waals surface area (Å²) in [6, 6.07) is 5.46. The van der Waals surface area contributed by atoms with E-state index in [1.807, 2.05) is 37.6 Å². The number of halogens is 1. The summed E-state index contributed by atoms with van der Waals surface area (Å²) in [5.41, 5.74) is 3.26. The van der Waals surface area contributed by atoms with Crippen molar-refractivity contribution in [1.29, 1.82) is 0 Å². The number of aromatic nitrogens is 6. The predicted octanol–water partition coefficient (Wildman–Crippen LogP) is 1.95. The van der Waals surface area contributed by atoms with Crippen molar-refractivity contribution >= 4 is 22.9 Å². The van der Waals surface area contributed by atoms with Gasteiger partial charge in [0.05, 0.1) is 18.3 Å². The number of methoxy groups -OCH3 is 1. The van der Waals surface area contributed by atoms with E-state index in [2.05, 4.69) is 35.7 Å². The molecule has 11 heteroatoms. The topological polar surface area (TPSA) is 96.9 Å². The van der Waals surface area contributed by atoms with Gasteiger partial charge < -0.3 is 15.4 Å². The molecule has 0 spiro atoms. The lowest BCUT2D eigenvalue weighted by Gasteiger charge is -2.34. The third kappa shape index (κ3) is 3.84. The smallest absolute Gasteiger partial charge is 0.243 e. The third-order valence-corrected chi connectivity index (χ3v) is 5.83. The number of rotatable bonds is 7. The molecular weight excluding hydrogens is 413 g/mol. The summed E-state index contributed by atoms with van der Waals surface area (Å²) in [6.45, 7) is 2.52. The number of fused-ring (bicyclic) bond motifs is 2. The maximum atomic E-state index is 14.8. The van der Waals surface area contributed by atoms with Gasteiger partial charge in [0, 0.05) is 57.9 Å².